The molecular weight excluding hydrogens is 407 g/mol. The maximum absolute atomic E-state index is 6.16. The van der Waals surface area contributed by atoms with Gasteiger partial charge in [-0.15, -0.1) is 0 Å². The molecule has 0 fully saturated rings. The molecule has 0 amide bonds. The Balaban J connectivity index is 2.25. The fourth-order valence-electron chi connectivity index (χ4n) is 1.50. The van der Waals surface area contributed by atoms with Crippen molar-refractivity contribution in [2.75, 3.05) is 17.2 Å². The zero-order valence-electron chi connectivity index (χ0n) is 10.8. The predicted octanol–water partition coefficient (Wildman–Crippen LogP) is 5.22. The summed E-state index contributed by atoms with van der Waals surface area (Å²) in [5.41, 5.74) is 0.780. The summed E-state index contributed by atoms with van der Waals surface area (Å²) in [5.74, 6) is 1.25. The third-order valence-corrected chi connectivity index (χ3v) is 3.86. The predicted molar refractivity (Wildman–Crippen MR) is 90.9 cm³/mol. The van der Waals surface area contributed by atoms with Crippen molar-refractivity contribution >= 4 is 60.9 Å². The molecular formula is C13H13Br2ClN4. The van der Waals surface area contributed by atoms with Gasteiger partial charge in [0.05, 0.1) is 15.2 Å². The highest BCUT2D eigenvalue weighted by atomic mass is 79.9. The molecule has 0 atom stereocenters. The van der Waals surface area contributed by atoms with E-state index in [0.29, 0.717) is 16.8 Å². The first-order chi connectivity index (χ1) is 9.60. The molecule has 106 valence electrons. The normalized spacial score (nSPS) is 10.4. The van der Waals surface area contributed by atoms with E-state index in [1.807, 2.05) is 18.2 Å². The maximum Gasteiger partial charge on any atom is 0.224 e. The van der Waals surface area contributed by atoms with Gasteiger partial charge in [0.2, 0.25) is 5.95 Å². The highest BCUT2D eigenvalue weighted by Gasteiger charge is 2.08. The SMILES string of the molecule is CCCNc1ncc(Br)c(Nc2cc(Br)ccc2Cl)n1. The number of hydrogen-bond donors (Lipinski definition) is 2. The van der Waals surface area contributed by atoms with Crippen LogP contribution in [0.3, 0.4) is 0 Å². The minimum atomic E-state index is 0.587. The van der Waals surface area contributed by atoms with E-state index in [2.05, 4.69) is 59.4 Å². The van der Waals surface area contributed by atoms with Crippen LogP contribution in [0.5, 0.6) is 0 Å². The molecule has 1 aromatic heterocycles. The van der Waals surface area contributed by atoms with Crippen LogP contribution < -0.4 is 10.6 Å². The molecule has 0 bridgehead atoms. The Morgan fingerprint density at radius 1 is 1.30 bits per heavy atom. The smallest absolute Gasteiger partial charge is 0.224 e. The van der Waals surface area contributed by atoms with Crippen molar-refractivity contribution in [2.24, 2.45) is 0 Å². The summed E-state index contributed by atoms with van der Waals surface area (Å²) in [6.45, 7) is 2.92. The van der Waals surface area contributed by atoms with Crippen LogP contribution in [0.15, 0.2) is 33.3 Å². The topological polar surface area (TPSA) is 49.8 Å². The second kappa shape index (κ2) is 7.24. The van der Waals surface area contributed by atoms with Gasteiger partial charge in [-0.25, -0.2) is 4.98 Å². The van der Waals surface area contributed by atoms with Gasteiger partial charge in [-0.1, -0.05) is 34.5 Å². The molecule has 0 radical (unpaired) electrons. The summed E-state index contributed by atoms with van der Waals surface area (Å²) in [4.78, 5) is 8.63. The van der Waals surface area contributed by atoms with Gasteiger partial charge in [0.25, 0.3) is 0 Å². The number of hydrogen-bond acceptors (Lipinski definition) is 4. The van der Waals surface area contributed by atoms with Crippen molar-refractivity contribution in [3.8, 4) is 0 Å². The van der Waals surface area contributed by atoms with E-state index in [1.54, 1.807) is 6.20 Å². The van der Waals surface area contributed by atoms with E-state index >= 15 is 0 Å². The van der Waals surface area contributed by atoms with Crippen molar-refractivity contribution in [1.29, 1.82) is 0 Å². The second-order valence-corrected chi connectivity index (χ2v) is 6.24. The molecule has 0 aliphatic heterocycles. The summed E-state index contributed by atoms with van der Waals surface area (Å²) in [6, 6.07) is 5.60. The molecule has 0 saturated heterocycles. The summed E-state index contributed by atoms with van der Waals surface area (Å²) in [7, 11) is 0. The molecule has 2 rings (SSSR count). The number of rotatable bonds is 5. The average molecular weight is 421 g/mol. The van der Waals surface area contributed by atoms with Crippen molar-refractivity contribution in [3.63, 3.8) is 0 Å². The van der Waals surface area contributed by atoms with Crippen molar-refractivity contribution < 1.29 is 0 Å². The highest BCUT2D eigenvalue weighted by molar-refractivity contribution is 9.10. The third-order valence-electron chi connectivity index (χ3n) is 2.46. The van der Waals surface area contributed by atoms with Crippen LogP contribution in [0.2, 0.25) is 5.02 Å². The van der Waals surface area contributed by atoms with Crippen LogP contribution in [0.25, 0.3) is 0 Å². The number of nitrogens with one attached hydrogen (secondary N) is 2. The molecule has 0 aliphatic rings. The first-order valence-electron chi connectivity index (χ1n) is 6.08. The summed E-state index contributed by atoms with van der Waals surface area (Å²) >= 11 is 13.0. The molecule has 1 aromatic carbocycles. The monoisotopic (exact) mass is 418 g/mol. The molecule has 7 heteroatoms. The van der Waals surface area contributed by atoms with E-state index in [-0.39, 0.29) is 0 Å². The number of anilines is 3. The Hall–Kier alpha value is -0.850. The minimum absolute atomic E-state index is 0.587. The number of benzene rings is 1. The van der Waals surface area contributed by atoms with Crippen LogP contribution in [0, 0.1) is 0 Å². The van der Waals surface area contributed by atoms with E-state index < -0.39 is 0 Å². The van der Waals surface area contributed by atoms with E-state index in [0.717, 1.165) is 27.6 Å². The lowest BCUT2D eigenvalue weighted by atomic mass is 10.3. The number of nitrogens with zero attached hydrogens (tertiary/aromatic N) is 2. The van der Waals surface area contributed by atoms with Crippen LogP contribution >= 0.6 is 43.5 Å². The summed E-state index contributed by atoms with van der Waals surface area (Å²) < 4.78 is 1.72. The van der Waals surface area contributed by atoms with E-state index in [4.69, 9.17) is 11.6 Å². The van der Waals surface area contributed by atoms with Gasteiger partial charge in [-0.2, -0.15) is 4.98 Å². The fourth-order valence-corrected chi connectivity index (χ4v) is 2.31. The van der Waals surface area contributed by atoms with Gasteiger partial charge < -0.3 is 10.6 Å². The van der Waals surface area contributed by atoms with E-state index in [1.165, 1.54) is 0 Å². The average Bonchev–Trinajstić information content (AvgIpc) is 2.43. The lowest BCUT2D eigenvalue weighted by Gasteiger charge is -2.11. The highest BCUT2D eigenvalue weighted by Crippen LogP contribution is 2.30. The van der Waals surface area contributed by atoms with Crippen LogP contribution in [-0.4, -0.2) is 16.5 Å². The van der Waals surface area contributed by atoms with Gasteiger partial charge in [-0.3, -0.25) is 0 Å². The first-order valence-corrected chi connectivity index (χ1v) is 8.05. The molecule has 0 unspecified atom stereocenters. The molecule has 20 heavy (non-hydrogen) atoms. The Labute approximate surface area is 139 Å². The van der Waals surface area contributed by atoms with Gasteiger partial charge in [0.1, 0.15) is 5.82 Å². The maximum atomic E-state index is 6.16. The van der Waals surface area contributed by atoms with Crippen molar-refractivity contribution in [1.82, 2.24) is 9.97 Å². The van der Waals surface area contributed by atoms with Crippen molar-refractivity contribution in [2.45, 2.75) is 13.3 Å². The lowest BCUT2D eigenvalue weighted by Crippen LogP contribution is -2.06. The quantitative estimate of drug-likeness (QED) is 0.696. The molecule has 2 aromatic rings. The van der Waals surface area contributed by atoms with Gasteiger partial charge in [0, 0.05) is 17.2 Å². The van der Waals surface area contributed by atoms with Gasteiger partial charge in [0.15, 0.2) is 0 Å². The zero-order chi connectivity index (χ0) is 14.5. The largest absolute Gasteiger partial charge is 0.354 e. The standard InChI is InChI=1S/C13H13Br2ClN4/c1-2-5-17-13-18-7-9(15)12(20-13)19-11-6-8(14)3-4-10(11)16/h3-4,6-7H,2,5H2,1H3,(H2,17,18,19,20). The number of halogens is 3. The Kier molecular flexibility index (Phi) is 5.63. The molecule has 1 heterocycles. The Morgan fingerprint density at radius 3 is 2.85 bits per heavy atom. The summed E-state index contributed by atoms with van der Waals surface area (Å²) in [6.07, 6.45) is 2.72. The van der Waals surface area contributed by atoms with Gasteiger partial charge >= 0.3 is 0 Å². The van der Waals surface area contributed by atoms with Gasteiger partial charge in [-0.05, 0) is 40.5 Å². The fraction of sp³-hybridized carbons (Fsp3) is 0.231. The Morgan fingerprint density at radius 2 is 2.10 bits per heavy atom. The summed E-state index contributed by atoms with van der Waals surface area (Å²) in [5, 5.41) is 6.97. The Bertz CT molecular complexity index is 607. The van der Waals surface area contributed by atoms with Crippen LogP contribution in [0.4, 0.5) is 17.5 Å². The zero-order valence-corrected chi connectivity index (χ0v) is 14.7. The molecule has 2 N–H and O–H groups in total. The first kappa shape index (κ1) is 15.5. The third kappa shape index (κ3) is 4.07. The van der Waals surface area contributed by atoms with Crippen LogP contribution in [0.1, 0.15) is 13.3 Å². The molecule has 4 nitrogen and oxygen atoms in total. The molecule has 0 saturated carbocycles. The molecule has 0 aliphatic carbocycles. The number of aromatic nitrogens is 2. The lowest BCUT2D eigenvalue weighted by molar-refractivity contribution is 0.952. The minimum Gasteiger partial charge on any atom is -0.354 e. The second-order valence-electron chi connectivity index (χ2n) is 4.07. The van der Waals surface area contributed by atoms with Crippen molar-refractivity contribution in [3.05, 3.63) is 38.4 Å². The van der Waals surface area contributed by atoms with Crippen LogP contribution in [-0.2, 0) is 0 Å². The van der Waals surface area contributed by atoms with E-state index in [9.17, 15) is 0 Å². The molecule has 0 spiro atoms.